The highest BCUT2D eigenvalue weighted by atomic mass is 35.5. The van der Waals surface area contributed by atoms with E-state index in [0.29, 0.717) is 41.2 Å². The van der Waals surface area contributed by atoms with Gasteiger partial charge in [-0.3, -0.25) is 9.59 Å². The molecule has 0 saturated carbocycles. The van der Waals surface area contributed by atoms with Crippen LogP contribution in [0.3, 0.4) is 0 Å². The monoisotopic (exact) mass is 1190 g/mol. The third-order valence-corrected chi connectivity index (χ3v) is 17.0. The van der Waals surface area contributed by atoms with Gasteiger partial charge in [-0.05, 0) is 123 Å². The molecule has 0 spiro atoms. The first-order valence-corrected chi connectivity index (χ1v) is 28.7. The topological polar surface area (TPSA) is 305 Å². The summed E-state index contributed by atoms with van der Waals surface area (Å²) in [6.07, 6.45) is 2.23. The quantitative estimate of drug-likeness (QED) is 0.0361. The first-order chi connectivity index (χ1) is 34.7. The normalized spacial score (nSPS) is 10.5. The molecule has 73 heavy (non-hydrogen) atoms. The number of aryl methyl sites for hydroxylation is 1. The van der Waals surface area contributed by atoms with Gasteiger partial charge in [-0.25, -0.2) is 49.4 Å². The Morgan fingerprint density at radius 3 is 1.32 bits per heavy atom. The molecular formula is C45H43Cl3N6O12S7. The molecule has 0 radical (unpaired) electrons. The number of hydrogen-bond donors (Lipinski definition) is 7. The van der Waals surface area contributed by atoms with Gasteiger partial charge in [0.2, 0.25) is 10.0 Å². The van der Waals surface area contributed by atoms with Crippen LogP contribution >= 0.6 is 81.3 Å². The van der Waals surface area contributed by atoms with E-state index in [4.69, 9.17) is 56.4 Å². The third kappa shape index (κ3) is 23.7. The van der Waals surface area contributed by atoms with Crippen LogP contribution in [0.5, 0.6) is 0 Å². The maximum Gasteiger partial charge on any atom is 0.373 e. The zero-order valence-electron chi connectivity index (χ0n) is 39.0. The Balaban J connectivity index is 0.000000352. The summed E-state index contributed by atoms with van der Waals surface area (Å²) in [5.41, 5.74) is 10.1. The summed E-state index contributed by atoms with van der Waals surface area (Å²) in [5.74, 6) is 0.0133. The predicted molar refractivity (Wildman–Crippen MR) is 291 cm³/mol. The van der Waals surface area contributed by atoms with Crippen LogP contribution in [0.15, 0.2) is 152 Å². The van der Waals surface area contributed by atoms with E-state index in [9.17, 15) is 44.4 Å². The van der Waals surface area contributed by atoms with Crippen LogP contribution in [0, 0.1) is 6.92 Å². The smallest absolute Gasteiger partial charge is 0.373 e. The number of carbonyl (C=O) groups excluding carboxylic acids is 6. The number of nitrogens with one attached hydrogen (secondary N) is 4. The molecule has 0 saturated heterocycles. The Bertz CT molecular complexity index is 3320. The molecule has 4 aromatic carbocycles. The lowest BCUT2D eigenvalue weighted by atomic mass is 10.0. The molecule has 0 aliphatic heterocycles. The molecule has 28 heteroatoms. The fourth-order valence-corrected chi connectivity index (χ4v) is 11.7. The number of thiol groups is 1. The van der Waals surface area contributed by atoms with Crippen molar-refractivity contribution in [2.45, 2.75) is 32.9 Å². The molecule has 0 atom stereocenters. The molecule has 3 aromatic heterocycles. The molecule has 0 bridgehead atoms. The molecule has 4 amide bonds. The van der Waals surface area contributed by atoms with Gasteiger partial charge < -0.3 is 16.4 Å². The first kappa shape index (κ1) is 61.4. The summed E-state index contributed by atoms with van der Waals surface area (Å²) in [6, 6.07) is 36.1. The van der Waals surface area contributed by atoms with Gasteiger partial charge in [-0.2, -0.15) is 22.1 Å². The highest BCUT2D eigenvalue weighted by Crippen LogP contribution is 2.27. The largest absolute Gasteiger partial charge is 0.399 e. The molecule has 0 aliphatic rings. The minimum atomic E-state index is -4.00. The second-order valence-corrected chi connectivity index (χ2v) is 24.4. The highest BCUT2D eigenvalue weighted by molar-refractivity contribution is 7.92. The Kier molecular flexibility index (Phi) is 26.0. The van der Waals surface area contributed by atoms with Crippen molar-refractivity contribution >= 4 is 158 Å². The number of Topliss-reactive ketones (excluding diaryl/α,β-unsaturated/α-hetero) is 2. The lowest BCUT2D eigenvalue weighted by Gasteiger charge is -2.08. The van der Waals surface area contributed by atoms with Gasteiger partial charge in [0, 0.05) is 34.6 Å². The van der Waals surface area contributed by atoms with Crippen molar-refractivity contribution in [3.63, 3.8) is 0 Å². The molecule has 3 heterocycles. The van der Waals surface area contributed by atoms with Crippen LogP contribution in [0.4, 0.5) is 26.7 Å². The molecule has 7 rings (SSSR count). The summed E-state index contributed by atoms with van der Waals surface area (Å²) >= 11 is 20.5. The summed E-state index contributed by atoms with van der Waals surface area (Å²) in [5, 5.41) is 9.66. The fourth-order valence-electron chi connectivity index (χ4n) is 4.97. The molecule has 0 unspecified atom stereocenters. The van der Waals surface area contributed by atoms with Gasteiger partial charge in [0.1, 0.15) is 13.8 Å². The van der Waals surface area contributed by atoms with Crippen molar-refractivity contribution < 1.29 is 54.0 Å². The van der Waals surface area contributed by atoms with E-state index in [1.165, 1.54) is 55.5 Å². The van der Waals surface area contributed by atoms with Crippen LogP contribution in [-0.2, 0) is 46.1 Å². The number of thiophene rings is 3. The van der Waals surface area contributed by atoms with E-state index in [-0.39, 0.29) is 36.8 Å². The molecule has 0 aliphatic carbocycles. The number of amides is 4. The van der Waals surface area contributed by atoms with Crippen molar-refractivity contribution in [1.29, 1.82) is 1.12 Å². The van der Waals surface area contributed by atoms with Gasteiger partial charge >= 0.3 is 18.2 Å². The van der Waals surface area contributed by atoms with Crippen molar-refractivity contribution in [2.75, 3.05) is 22.6 Å². The summed E-state index contributed by atoms with van der Waals surface area (Å²) in [6.45, 7) is 3.44. The van der Waals surface area contributed by atoms with Crippen molar-refractivity contribution in [2.24, 2.45) is 5.14 Å². The van der Waals surface area contributed by atoms with E-state index >= 15 is 0 Å². The fraction of sp³-hybridized carbons (Fsp3) is 0.0889. The number of primary sulfonamides is 1. The van der Waals surface area contributed by atoms with Gasteiger partial charge in [0.25, 0.3) is 20.0 Å². The first-order valence-electron chi connectivity index (χ1n) is 20.2. The number of halogens is 3. The molecule has 8 N–H and O–H groups in total. The third-order valence-electron chi connectivity index (χ3n) is 8.21. The number of nitrogens with two attached hydrogens (primary N) is 2. The highest BCUT2D eigenvalue weighted by Gasteiger charge is 2.21. The van der Waals surface area contributed by atoms with Gasteiger partial charge in [0.05, 0.1) is 13.0 Å². The number of sulfonamides is 3. The zero-order chi connectivity index (χ0) is 55.6. The maximum absolute atomic E-state index is 12.3. The van der Waals surface area contributed by atoms with Crippen molar-refractivity contribution in [1.82, 2.24) is 9.44 Å². The van der Waals surface area contributed by atoms with Crippen LogP contribution in [-0.4, -0.2) is 62.4 Å². The standard InChI is InChI=1S/C19H15ClN2O4S2.C12H11ClN2O3S2.C8H9NO.C4H4ClNO2S2.CO2.CH4S/c20-17-10-11-18(27-17)28(25,26)22-19(24)21-15-8-6-14(7-9-15)16(23)12-13-4-2-1-3-5-13;1-8-2-4-9(5-3-8)14-12(16)15-20(17,18)11-7-6-10(13)19-11;1-6(10)7-2-4-8(9)5-3-7;5-3-1-2-4(9-3)10(6,7)8;2-1-3;1-2/h1-11H,12H2,(H2,21,22,24);2-7H,1H3,(H2,14,15,16);2-5H,9H2,1H3;1-2H,(H2,6,7,8);;2H,1H3/i/hD. The number of anilines is 3. The number of benzene rings is 4. The van der Waals surface area contributed by atoms with Crippen LogP contribution in [0.1, 0.15) is 38.8 Å². The number of nitrogen functional groups attached to an aromatic ring is 1. The molecule has 388 valence electrons. The van der Waals surface area contributed by atoms with Crippen LogP contribution < -0.4 is 31.0 Å². The maximum atomic E-state index is 12.3. The van der Waals surface area contributed by atoms with E-state index in [1.807, 2.05) is 58.8 Å². The van der Waals surface area contributed by atoms with Gasteiger partial charge in [0.15, 0.2) is 11.6 Å². The van der Waals surface area contributed by atoms with Crippen LogP contribution in [0.2, 0.25) is 13.0 Å². The predicted octanol–water partition coefficient (Wildman–Crippen LogP) is 10.0. The molecule has 18 nitrogen and oxygen atoms in total. The Morgan fingerprint density at radius 1 is 0.603 bits per heavy atom. The van der Waals surface area contributed by atoms with E-state index in [2.05, 4.69) is 10.6 Å². The van der Waals surface area contributed by atoms with E-state index in [0.717, 1.165) is 57.7 Å². The number of ketones is 2. The van der Waals surface area contributed by atoms with Crippen molar-refractivity contribution in [3.8, 4) is 0 Å². The molecule has 7 aromatic rings. The summed E-state index contributed by atoms with van der Waals surface area (Å²) in [4.78, 5) is 62.9. The number of urea groups is 2. The number of rotatable bonds is 11. The minimum absolute atomic E-state index is 0.0124. The molecular weight excluding hydrogens is 1150 g/mol. The summed E-state index contributed by atoms with van der Waals surface area (Å²) < 4.78 is 80.1. The Hall–Kier alpha value is -5.93. The van der Waals surface area contributed by atoms with E-state index in [1.54, 1.807) is 54.8 Å². The lowest BCUT2D eigenvalue weighted by molar-refractivity contribution is -0.191. The molecule has 0 fully saturated rings. The lowest BCUT2D eigenvalue weighted by Crippen LogP contribution is -2.33. The number of hydrogen-bond acceptors (Lipinski definition) is 17. The second kappa shape index (κ2) is 31.0. The minimum Gasteiger partial charge on any atom is -0.399 e. The SMILES string of the molecule is CC(=O)c1ccc(N)cc1.Cc1ccc(NC(=O)NS(=O)(=O)c2ccc(Cl)s2)cc1.NS(=O)(=O)c1ccc(Cl)s1.O=C(Nc1ccc(C(=O)Cc2ccccc2)cc1)NS(=O)(=O)c1ccc(Cl)s1.O=C=O.[2H]SC. The van der Waals surface area contributed by atoms with Crippen LogP contribution in [0.25, 0.3) is 0 Å². The van der Waals surface area contributed by atoms with Gasteiger partial charge in [-0.1, -0.05) is 82.8 Å². The zero-order valence-corrected chi connectivity index (χ0v) is 46.0. The Morgan fingerprint density at radius 2 is 0.973 bits per heavy atom. The van der Waals surface area contributed by atoms with Gasteiger partial charge in [-0.15, -0.1) is 34.0 Å². The Labute approximate surface area is 454 Å². The summed E-state index contributed by atoms with van der Waals surface area (Å²) in [7, 11) is -11.4. The van der Waals surface area contributed by atoms with E-state index < -0.39 is 42.1 Å². The second-order valence-electron chi connectivity index (χ2n) is 13.6. The average Bonchev–Trinajstić information content (AvgIpc) is 4.11. The van der Waals surface area contributed by atoms with Crippen molar-refractivity contribution in [3.05, 3.63) is 175 Å². The average molecular weight is 1190 g/mol. The number of carbonyl (C=O) groups is 4.